The summed E-state index contributed by atoms with van der Waals surface area (Å²) in [6, 6.07) is 7.37. The van der Waals surface area contributed by atoms with Gasteiger partial charge < -0.3 is 25.4 Å². The summed E-state index contributed by atoms with van der Waals surface area (Å²) in [6.45, 7) is 7.95. The first-order valence-corrected chi connectivity index (χ1v) is 9.50. The molecule has 1 aliphatic rings. The highest BCUT2D eigenvalue weighted by Gasteiger charge is 2.27. The third-order valence-corrected chi connectivity index (χ3v) is 4.28. The Hall–Kier alpha value is -1.71. The lowest BCUT2D eigenvalue weighted by Gasteiger charge is -2.23. The van der Waals surface area contributed by atoms with Crippen molar-refractivity contribution in [3.8, 4) is 5.75 Å². The third kappa shape index (κ3) is 8.53. The van der Waals surface area contributed by atoms with E-state index in [1.165, 1.54) is 5.56 Å². The Bertz CT molecular complexity index is 644. The van der Waals surface area contributed by atoms with Crippen molar-refractivity contribution in [1.82, 2.24) is 15.5 Å². The zero-order valence-corrected chi connectivity index (χ0v) is 19.5. The molecule has 1 aliphatic heterocycles. The molecule has 1 unspecified atom stereocenters. The number of nitrogens with zero attached hydrogens (tertiary/aromatic N) is 2. The van der Waals surface area contributed by atoms with Gasteiger partial charge in [0.1, 0.15) is 11.4 Å². The number of aliphatic imine (C=N–C) groups is 1. The van der Waals surface area contributed by atoms with Crippen LogP contribution >= 0.6 is 24.0 Å². The summed E-state index contributed by atoms with van der Waals surface area (Å²) in [5.41, 5.74) is 0.713. The highest BCUT2D eigenvalue weighted by Crippen LogP contribution is 2.13. The SMILES string of the molecule is CN=C(NCCCc1ccc(O)cc1)N1CCC(NC(=O)OC(C)(C)C)C1.I. The van der Waals surface area contributed by atoms with Crippen molar-refractivity contribution in [2.75, 3.05) is 26.7 Å². The Morgan fingerprint density at radius 2 is 2.00 bits per heavy atom. The maximum atomic E-state index is 11.9. The molecule has 0 spiro atoms. The number of aromatic hydroxyl groups is 1. The standard InChI is InChI=1S/C20H32N4O3.HI/c1-20(2,3)27-19(26)23-16-11-13-24(14-16)18(21-4)22-12-5-6-15-7-9-17(25)10-8-15;/h7-10,16,25H,5-6,11-14H2,1-4H3,(H,21,22)(H,23,26);1H. The van der Waals surface area contributed by atoms with E-state index in [1.54, 1.807) is 19.2 Å². The van der Waals surface area contributed by atoms with Crippen LogP contribution in [0.2, 0.25) is 0 Å². The molecule has 1 atom stereocenters. The summed E-state index contributed by atoms with van der Waals surface area (Å²) in [4.78, 5) is 18.4. The van der Waals surface area contributed by atoms with E-state index in [1.807, 2.05) is 32.9 Å². The topological polar surface area (TPSA) is 86.2 Å². The maximum Gasteiger partial charge on any atom is 0.407 e. The van der Waals surface area contributed by atoms with Gasteiger partial charge in [-0.05, 0) is 57.7 Å². The monoisotopic (exact) mass is 504 g/mol. The molecule has 158 valence electrons. The molecule has 0 aromatic heterocycles. The molecule has 1 heterocycles. The van der Waals surface area contributed by atoms with Gasteiger partial charge in [0.25, 0.3) is 0 Å². The molecule has 0 aliphatic carbocycles. The molecule has 1 amide bonds. The molecule has 0 bridgehead atoms. The van der Waals surface area contributed by atoms with Crippen molar-refractivity contribution < 1.29 is 14.6 Å². The Morgan fingerprint density at radius 3 is 2.61 bits per heavy atom. The number of ether oxygens (including phenoxy) is 1. The Labute approximate surface area is 185 Å². The number of hydrogen-bond acceptors (Lipinski definition) is 4. The van der Waals surface area contributed by atoms with Crippen molar-refractivity contribution in [2.24, 2.45) is 4.99 Å². The molecule has 28 heavy (non-hydrogen) atoms. The first kappa shape index (κ1) is 24.3. The van der Waals surface area contributed by atoms with Gasteiger partial charge in [0.05, 0.1) is 6.04 Å². The molecule has 2 rings (SSSR count). The van der Waals surface area contributed by atoms with Gasteiger partial charge in [-0.15, -0.1) is 24.0 Å². The van der Waals surface area contributed by atoms with E-state index >= 15 is 0 Å². The fourth-order valence-electron chi connectivity index (χ4n) is 3.03. The minimum absolute atomic E-state index is 0. The van der Waals surface area contributed by atoms with Crippen LogP contribution in [0.5, 0.6) is 5.75 Å². The number of hydrogen-bond donors (Lipinski definition) is 3. The van der Waals surface area contributed by atoms with Gasteiger partial charge in [-0.1, -0.05) is 12.1 Å². The molecular formula is C20H33IN4O3. The van der Waals surface area contributed by atoms with Gasteiger partial charge in [-0.2, -0.15) is 0 Å². The van der Waals surface area contributed by atoms with Crippen LogP contribution in [0.1, 0.15) is 39.2 Å². The van der Waals surface area contributed by atoms with E-state index in [0.29, 0.717) is 5.75 Å². The van der Waals surface area contributed by atoms with Crippen molar-refractivity contribution >= 4 is 36.0 Å². The Morgan fingerprint density at radius 1 is 1.32 bits per heavy atom. The van der Waals surface area contributed by atoms with Crippen LogP contribution in [0.15, 0.2) is 29.3 Å². The molecule has 1 saturated heterocycles. The quantitative estimate of drug-likeness (QED) is 0.248. The highest BCUT2D eigenvalue weighted by atomic mass is 127. The molecule has 7 nitrogen and oxygen atoms in total. The fraction of sp³-hybridized carbons (Fsp3) is 0.600. The average Bonchev–Trinajstić information content (AvgIpc) is 3.03. The molecule has 0 saturated carbocycles. The van der Waals surface area contributed by atoms with Crippen molar-refractivity contribution in [3.05, 3.63) is 29.8 Å². The number of benzene rings is 1. The second kappa shape index (κ2) is 11.3. The first-order valence-electron chi connectivity index (χ1n) is 9.50. The van der Waals surface area contributed by atoms with Gasteiger partial charge in [0.2, 0.25) is 0 Å². The maximum absolute atomic E-state index is 11.9. The third-order valence-electron chi connectivity index (χ3n) is 4.28. The largest absolute Gasteiger partial charge is 0.508 e. The number of amides is 1. The number of carbonyl (C=O) groups is 1. The molecular weight excluding hydrogens is 471 g/mol. The number of rotatable bonds is 5. The summed E-state index contributed by atoms with van der Waals surface area (Å²) in [5.74, 6) is 1.15. The van der Waals surface area contributed by atoms with Gasteiger partial charge in [0, 0.05) is 26.7 Å². The zero-order valence-electron chi connectivity index (χ0n) is 17.2. The second-order valence-electron chi connectivity index (χ2n) is 7.82. The number of likely N-dealkylation sites (tertiary alicyclic amines) is 1. The second-order valence-corrected chi connectivity index (χ2v) is 7.82. The average molecular weight is 504 g/mol. The van der Waals surface area contributed by atoms with Gasteiger partial charge >= 0.3 is 6.09 Å². The summed E-state index contributed by atoms with van der Waals surface area (Å²) in [7, 11) is 1.77. The molecule has 1 aromatic carbocycles. The summed E-state index contributed by atoms with van der Waals surface area (Å²) in [6.07, 6.45) is 2.41. The van der Waals surface area contributed by atoms with Crippen LogP contribution in [0, 0.1) is 0 Å². The lowest BCUT2D eigenvalue weighted by molar-refractivity contribution is 0.0507. The summed E-state index contributed by atoms with van der Waals surface area (Å²) < 4.78 is 5.32. The minimum Gasteiger partial charge on any atom is -0.508 e. The van der Waals surface area contributed by atoms with Crippen LogP contribution in [-0.2, 0) is 11.2 Å². The molecule has 0 radical (unpaired) electrons. The fourth-order valence-corrected chi connectivity index (χ4v) is 3.03. The zero-order chi connectivity index (χ0) is 19.9. The Kier molecular flexibility index (Phi) is 9.84. The summed E-state index contributed by atoms with van der Waals surface area (Å²) >= 11 is 0. The number of halogens is 1. The van der Waals surface area contributed by atoms with E-state index in [2.05, 4.69) is 20.5 Å². The molecule has 3 N–H and O–H groups in total. The number of guanidine groups is 1. The number of aryl methyl sites for hydroxylation is 1. The van der Waals surface area contributed by atoms with Crippen LogP contribution in [-0.4, -0.2) is 60.4 Å². The molecule has 1 aromatic rings. The lowest BCUT2D eigenvalue weighted by Crippen LogP contribution is -2.44. The highest BCUT2D eigenvalue weighted by molar-refractivity contribution is 14.0. The van der Waals surface area contributed by atoms with E-state index in [-0.39, 0.29) is 36.1 Å². The van der Waals surface area contributed by atoms with Crippen molar-refractivity contribution in [3.63, 3.8) is 0 Å². The van der Waals surface area contributed by atoms with E-state index in [4.69, 9.17) is 4.74 Å². The minimum atomic E-state index is -0.489. The van der Waals surface area contributed by atoms with Crippen LogP contribution in [0.25, 0.3) is 0 Å². The van der Waals surface area contributed by atoms with E-state index in [0.717, 1.165) is 44.9 Å². The smallest absolute Gasteiger partial charge is 0.407 e. The predicted octanol–water partition coefficient (Wildman–Crippen LogP) is 3.12. The van der Waals surface area contributed by atoms with Gasteiger partial charge in [0.15, 0.2) is 5.96 Å². The number of carbonyl (C=O) groups excluding carboxylic acids is 1. The lowest BCUT2D eigenvalue weighted by atomic mass is 10.1. The van der Waals surface area contributed by atoms with Crippen LogP contribution < -0.4 is 10.6 Å². The summed E-state index contributed by atoms with van der Waals surface area (Å²) in [5, 5.41) is 15.6. The van der Waals surface area contributed by atoms with Gasteiger partial charge in [-0.3, -0.25) is 4.99 Å². The molecule has 8 heteroatoms. The molecule has 1 fully saturated rings. The first-order chi connectivity index (χ1) is 12.8. The predicted molar refractivity (Wildman–Crippen MR) is 123 cm³/mol. The van der Waals surface area contributed by atoms with Crippen molar-refractivity contribution in [1.29, 1.82) is 0 Å². The Balaban J connectivity index is 0.00000392. The number of alkyl carbamates (subject to hydrolysis) is 1. The number of phenols is 1. The number of phenolic OH excluding ortho intramolecular Hbond substituents is 1. The van der Waals surface area contributed by atoms with Crippen LogP contribution in [0.4, 0.5) is 4.79 Å². The van der Waals surface area contributed by atoms with Crippen molar-refractivity contribution in [2.45, 2.75) is 51.7 Å². The normalized spacial score (nSPS) is 17.1. The van der Waals surface area contributed by atoms with Crippen LogP contribution in [0.3, 0.4) is 0 Å². The van der Waals surface area contributed by atoms with E-state index < -0.39 is 5.60 Å². The number of nitrogens with one attached hydrogen (secondary N) is 2. The van der Waals surface area contributed by atoms with Gasteiger partial charge in [-0.25, -0.2) is 4.79 Å². The van der Waals surface area contributed by atoms with E-state index in [9.17, 15) is 9.90 Å².